The number of aliphatic hydroxyl groups is 1. The summed E-state index contributed by atoms with van der Waals surface area (Å²) in [7, 11) is 0. The third kappa shape index (κ3) is 8.17. The molecule has 0 radical (unpaired) electrons. The molecule has 1 heterocycles. The van der Waals surface area contributed by atoms with Gasteiger partial charge in [-0.3, -0.25) is 0 Å². The van der Waals surface area contributed by atoms with Crippen LogP contribution in [0.2, 0.25) is 0 Å². The quantitative estimate of drug-likeness (QED) is 0.332. The molecule has 3 aromatic rings. The van der Waals surface area contributed by atoms with Crippen molar-refractivity contribution in [3.05, 3.63) is 72.8 Å². The molecule has 12 heteroatoms. The first-order valence-corrected chi connectivity index (χ1v) is 11.3. The Kier molecular flexibility index (Phi) is 9.31. The van der Waals surface area contributed by atoms with Crippen molar-refractivity contribution in [1.29, 1.82) is 0 Å². The van der Waals surface area contributed by atoms with Crippen LogP contribution in [0.15, 0.2) is 72.8 Å². The molecule has 1 N–H and O–H groups in total. The lowest BCUT2D eigenvalue weighted by atomic mass is 10.0. The fraction of sp³-hybridized carbons (Fsp3) is 0.308. The second-order valence-electron chi connectivity index (χ2n) is 8.15. The van der Waals surface area contributed by atoms with E-state index in [0.29, 0.717) is 36.6 Å². The van der Waals surface area contributed by atoms with Crippen molar-refractivity contribution in [3.63, 3.8) is 0 Å². The maximum Gasteiger partial charge on any atom is 0.573 e. The maximum absolute atomic E-state index is 12.4. The number of aliphatic hydroxyl groups excluding tert-OH is 1. The molecule has 1 aliphatic rings. The molecular formula is C26H24F7NO4. The summed E-state index contributed by atoms with van der Waals surface area (Å²) in [6.07, 6.45) is -13.5. The molecule has 0 aromatic heterocycles. The molecule has 206 valence electrons. The summed E-state index contributed by atoms with van der Waals surface area (Å²) in [6.45, 7) is 3.24. The van der Waals surface area contributed by atoms with Crippen LogP contribution in [0.25, 0.3) is 11.1 Å². The highest BCUT2D eigenvalue weighted by Gasteiger charge is 2.43. The monoisotopic (exact) mass is 547 g/mol. The Bertz CT molecular complexity index is 1170. The zero-order valence-electron chi connectivity index (χ0n) is 20.0. The van der Waals surface area contributed by atoms with E-state index < -0.39 is 25.0 Å². The van der Waals surface area contributed by atoms with Gasteiger partial charge in [0.25, 0.3) is 0 Å². The number of hydrogen-bond acceptors (Lipinski definition) is 5. The maximum atomic E-state index is 12.4. The average Bonchev–Trinajstić information content (AvgIpc) is 2.83. The molecule has 38 heavy (non-hydrogen) atoms. The fourth-order valence-electron chi connectivity index (χ4n) is 3.59. The number of ether oxygens (including phenoxy) is 3. The molecule has 0 spiro atoms. The van der Waals surface area contributed by atoms with Crippen LogP contribution in [-0.4, -0.2) is 49.8 Å². The Morgan fingerprint density at radius 2 is 1.55 bits per heavy atom. The lowest BCUT2D eigenvalue weighted by Crippen LogP contribution is -2.37. The lowest BCUT2D eigenvalue weighted by Gasteiger charge is -2.33. The van der Waals surface area contributed by atoms with Gasteiger partial charge in [0.2, 0.25) is 0 Å². The van der Waals surface area contributed by atoms with Crippen LogP contribution < -0.4 is 19.1 Å². The SMILES string of the molecule is C[C@@H](O)CN1CCOc2c(-c3cccc(OC(F)(F)F)c3)cccc21.FC(F)C(F)(F)Oc1ccccc1. The highest BCUT2D eigenvalue weighted by molar-refractivity contribution is 5.80. The molecule has 5 nitrogen and oxygen atoms in total. The first-order chi connectivity index (χ1) is 17.9. The van der Waals surface area contributed by atoms with Crippen LogP contribution in [0.1, 0.15) is 6.92 Å². The molecule has 0 bridgehead atoms. The molecule has 0 saturated heterocycles. The smallest absolute Gasteiger partial charge is 0.489 e. The fourth-order valence-corrected chi connectivity index (χ4v) is 3.59. The van der Waals surface area contributed by atoms with Gasteiger partial charge < -0.3 is 24.2 Å². The highest BCUT2D eigenvalue weighted by Crippen LogP contribution is 2.41. The molecular weight excluding hydrogens is 523 g/mol. The van der Waals surface area contributed by atoms with E-state index in [0.717, 1.165) is 5.69 Å². The zero-order chi connectivity index (χ0) is 27.9. The number of β-amino-alcohol motifs (C(OH)–C–C–N with tert-alkyl or cyclic N) is 1. The van der Waals surface area contributed by atoms with Gasteiger partial charge in [0, 0.05) is 12.1 Å². The molecule has 0 fully saturated rings. The third-order valence-corrected chi connectivity index (χ3v) is 5.06. The number of benzene rings is 3. The Morgan fingerprint density at radius 1 is 0.895 bits per heavy atom. The van der Waals surface area contributed by atoms with Gasteiger partial charge in [0.05, 0.1) is 18.3 Å². The minimum Gasteiger partial charge on any atom is -0.489 e. The Labute approximate surface area is 214 Å². The minimum absolute atomic E-state index is 0.278. The summed E-state index contributed by atoms with van der Waals surface area (Å²) in [5.41, 5.74) is 2.06. The normalized spacial score (nSPS) is 14.1. The average molecular weight is 547 g/mol. The summed E-state index contributed by atoms with van der Waals surface area (Å²) < 4.78 is 98.7. The van der Waals surface area contributed by atoms with Crippen LogP contribution >= 0.6 is 0 Å². The number of halogens is 7. The van der Waals surface area contributed by atoms with E-state index in [9.17, 15) is 35.8 Å². The first-order valence-electron chi connectivity index (χ1n) is 11.3. The van der Waals surface area contributed by atoms with E-state index in [-0.39, 0.29) is 11.5 Å². The first kappa shape index (κ1) is 28.9. The van der Waals surface area contributed by atoms with Gasteiger partial charge in [-0.05, 0) is 42.8 Å². The second-order valence-corrected chi connectivity index (χ2v) is 8.15. The molecule has 0 amide bonds. The van der Waals surface area contributed by atoms with Crippen LogP contribution in [0.5, 0.6) is 17.2 Å². The van der Waals surface area contributed by atoms with Crippen molar-refractivity contribution in [2.75, 3.05) is 24.6 Å². The van der Waals surface area contributed by atoms with Gasteiger partial charge in [-0.1, -0.05) is 42.5 Å². The summed E-state index contributed by atoms with van der Waals surface area (Å²) in [5.74, 6) is 0.0330. The van der Waals surface area contributed by atoms with E-state index in [1.807, 2.05) is 17.0 Å². The van der Waals surface area contributed by atoms with Crippen molar-refractivity contribution in [2.24, 2.45) is 0 Å². The Morgan fingerprint density at radius 3 is 2.18 bits per heavy atom. The van der Waals surface area contributed by atoms with E-state index in [4.69, 9.17) is 4.74 Å². The number of hydrogen-bond donors (Lipinski definition) is 1. The number of nitrogens with zero attached hydrogens (tertiary/aromatic N) is 1. The third-order valence-electron chi connectivity index (χ3n) is 5.06. The molecule has 1 atom stereocenters. The van der Waals surface area contributed by atoms with Crippen molar-refractivity contribution >= 4 is 5.69 Å². The van der Waals surface area contributed by atoms with Crippen LogP contribution in [-0.2, 0) is 0 Å². The predicted octanol–water partition coefficient (Wildman–Crippen LogP) is 6.76. The minimum atomic E-state index is -4.74. The van der Waals surface area contributed by atoms with Gasteiger partial charge in [0.1, 0.15) is 18.1 Å². The summed E-state index contributed by atoms with van der Waals surface area (Å²) in [4.78, 5) is 2.00. The van der Waals surface area contributed by atoms with Crippen molar-refractivity contribution < 1.29 is 50.1 Å². The van der Waals surface area contributed by atoms with Gasteiger partial charge in [0.15, 0.2) is 5.75 Å². The Hall–Kier alpha value is -3.67. The summed E-state index contributed by atoms with van der Waals surface area (Å²) >= 11 is 0. The van der Waals surface area contributed by atoms with Crippen molar-refractivity contribution in [3.8, 4) is 28.4 Å². The standard InChI is InChI=1S/C18H18F3NO3.C8H6F4O/c1-12(23)11-22-8-9-24-17-15(6-3-7-16(17)22)13-4-2-5-14(10-13)25-18(19,20)21;9-7(10)8(11,12)13-6-4-2-1-3-5-6/h2-7,10,12,23H,8-9,11H2,1H3;1-5,7H/t12-;/m1./s1. The van der Waals surface area contributed by atoms with E-state index in [1.165, 1.54) is 42.5 Å². The largest absolute Gasteiger partial charge is 0.573 e. The van der Waals surface area contributed by atoms with Crippen molar-refractivity contribution in [2.45, 2.75) is 31.9 Å². The Balaban J connectivity index is 0.000000260. The molecule has 3 aromatic carbocycles. The second kappa shape index (κ2) is 12.2. The number of alkyl halides is 7. The van der Waals surface area contributed by atoms with E-state index in [1.54, 1.807) is 25.1 Å². The highest BCUT2D eigenvalue weighted by atomic mass is 19.4. The molecule has 4 rings (SSSR count). The molecule has 0 unspecified atom stereocenters. The number of para-hydroxylation sites is 2. The van der Waals surface area contributed by atoms with Gasteiger partial charge in [-0.25, -0.2) is 0 Å². The van der Waals surface area contributed by atoms with Crippen LogP contribution in [0.4, 0.5) is 36.4 Å². The number of fused-ring (bicyclic) bond motifs is 1. The van der Waals surface area contributed by atoms with Gasteiger partial charge in [-0.2, -0.15) is 17.6 Å². The predicted molar refractivity (Wildman–Crippen MR) is 126 cm³/mol. The van der Waals surface area contributed by atoms with Crippen LogP contribution in [0.3, 0.4) is 0 Å². The number of rotatable bonds is 7. The van der Waals surface area contributed by atoms with E-state index >= 15 is 0 Å². The number of anilines is 1. The molecule has 0 saturated carbocycles. The molecule has 0 aliphatic carbocycles. The van der Waals surface area contributed by atoms with Crippen LogP contribution in [0, 0.1) is 0 Å². The molecule has 1 aliphatic heterocycles. The topological polar surface area (TPSA) is 51.2 Å². The van der Waals surface area contributed by atoms with Gasteiger partial charge in [-0.15, -0.1) is 13.2 Å². The van der Waals surface area contributed by atoms with Crippen molar-refractivity contribution in [1.82, 2.24) is 0 Å². The van der Waals surface area contributed by atoms with E-state index in [2.05, 4.69) is 9.47 Å². The lowest BCUT2D eigenvalue weighted by molar-refractivity contribution is -0.274. The summed E-state index contributed by atoms with van der Waals surface area (Å²) in [6, 6.07) is 18.0. The van der Waals surface area contributed by atoms with Gasteiger partial charge >= 0.3 is 18.9 Å². The summed E-state index contributed by atoms with van der Waals surface area (Å²) in [5, 5.41) is 9.66. The zero-order valence-corrected chi connectivity index (χ0v) is 20.0.